The first-order chi connectivity index (χ1) is 15.7. The Morgan fingerprint density at radius 1 is 0.706 bits per heavy atom. The van der Waals surface area contributed by atoms with E-state index in [2.05, 4.69) is 10.6 Å². The van der Waals surface area contributed by atoms with Gasteiger partial charge in [-0.1, -0.05) is 36.4 Å². The van der Waals surface area contributed by atoms with Gasteiger partial charge in [-0.15, -0.1) is 0 Å². The van der Waals surface area contributed by atoms with E-state index < -0.39 is 35.6 Å². The van der Waals surface area contributed by atoms with E-state index in [1.165, 1.54) is 0 Å². The Morgan fingerprint density at radius 2 is 1.03 bits per heavy atom. The van der Waals surface area contributed by atoms with E-state index in [0.29, 0.717) is 22.5 Å². The molecule has 0 heterocycles. The topological polar surface area (TPSA) is 117 Å². The molecule has 186 valence electrons. The van der Waals surface area contributed by atoms with Crippen LogP contribution in [0.3, 0.4) is 0 Å². The highest BCUT2D eigenvalue weighted by molar-refractivity contribution is 5.86. The first-order valence-corrected chi connectivity index (χ1v) is 11.3. The van der Waals surface area contributed by atoms with Gasteiger partial charge in [-0.05, 0) is 64.8 Å². The lowest BCUT2D eigenvalue weighted by atomic mass is 9.97. The lowest BCUT2D eigenvalue weighted by Crippen LogP contribution is -2.31. The zero-order chi connectivity index (χ0) is 25.5. The minimum atomic E-state index is -1.11. The number of carbonyl (C=O) groups excluding carboxylic acids is 2. The number of hydrogen-bond acceptors (Lipinski definition) is 6. The molecule has 8 nitrogen and oxygen atoms in total. The summed E-state index contributed by atoms with van der Waals surface area (Å²) in [6.07, 6.45) is -3.22. The Hall–Kier alpha value is -3.10. The largest absolute Gasteiger partial charge is 0.444 e. The van der Waals surface area contributed by atoms with E-state index in [4.69, 9.17) is 9.47 Å². The molecule has 34 heavy (non-hydrogen) atoms. The van der Waals surface area contributed by atoms with E-state index in [-0.39, 0.29) is 12.8 Å². The molecular weight excluding hydrogens is 436 g/mol. The minimum absolute atomic E-state index is 0.106. The monoisotopic (exact) mass is 472 g/mol. The molecule has 0 aliphatic heterocycles. The molecule has 0 bridgehead atoms. The Morgan fingerprint density at radius 3 is 1.35 bits per heavy atom. The fourth-order valence-corrected chi connectivity index (χ4v) is 3.19. The van der Waals surface area contributed by atoms with Gasteiger partial charge in [-0.25, -0.2) is 9.59 Å². The summed E-state index contributed by atoms with van der Waals surface area (Å²) in [6.45, 7) is 10.6. The number of aliphatic hydroxyl groups is 2. The van der Waals surface area contributed by atoms with Crippen LogP contribution in [0, 0.1) is 0 Å². The van der Waals surface area contributed by atoms with E-state index in [1.807, 2.05) is 0 Å². The molecule has 0 aliphatic carbocycles. The number of ether oxygens (including phenoxy) is 2. The summed E-state index contributed by atoms with van der Waals surface area (Å²) in [6, 6.07) is 14.0. The first-order valence-electron chi connectivity index (χ1n) is 11.3. The fourth-order valence-electron chi connectivity index (χ4n) is 3.19. The average Bonchev–Trinajstić information content (AvgIpc) is 2.68. The van der Waals surface area contributed by atoms with Gasteiger partial charge in [-0.2, -0.15) is 0 Å². The van der Waals surface area contributed by atoms with Gasteiger partial charge >= 0.3 is 12.2 Å². The Bertz CT molecular complexity index is 898. The smallest absolute Gasteiger partial charge is 0.412 e. The molecular formula is C26H36N2O6. The molecule has 0 unspecified atom stereocenters. The second kappa shape index (κ2) is 11.4. The predicted octanol–water partition coefficient (Wildman–Crippen LogP) is 4.89. The third-order valence-electron chi connectivity index (χ3n) is 4.61. The van der Waals surface area contributed by atoms with E-state index in [9.17, 15) is 19.8 Å². The molecule has 0 radical (unpaired) electrons. The molecule has 0 saturated carbocycles. The van der Waals surface area contributed by atoms with Gasteiger partial charge in [0.1, 0.15) is 11.2 Å². The van der Waals surface area contributed by atoms with Crippen LogP contribution in [0.1, 0.15) is 52.7 Å². The van der Waals surface area contributed by atoms with Crippen molar-refractivity contribution in [2.75, 3.05) is 10.6 Å². The van der Waals surface area contributed by atoms with Crippen LogP contribution < -0.4 is 10.6 Å². The van der Waals surface area contributed by atoms with Gasteiger partial charge in [0.15, 0.2) is 0 Å². The lowest BCUT2D eigenvalue weighted by Gasteiger charge is -2.23. The van der Waals surface area contributed by atoms with E-state index in [0.717, 1.165) is 0 Å². The molecule has 0 aromatic heterocycles. The van der Waals surface area contributed by atoms with Crippen molar-refractivity contribution in [3.63, 3.8) is 0 Å². The molecule has 2 atom stereocenters. The van der Waals surface area contributed by atoms with Crippen LogP contribution >= 0.6 is 0 Å². The lowest BCUT2D eigenvalue weighted by molar-refractivity contribution is 0.0207. The van der Waals surface area contributed by atoms with Gasteiger partial charge < -0.3 is 19.7 Å². The number of para-hydroxylation sites is 2. The fraction of sp³-hybridized carbons (Fsp3) is 0.462. The van der Waals surface area contributed by atoms with Crippen molar-refractivity contribution in [2.45, 2.75) is 77.8 Å². The summed E-state index contributed by atoms with van der Waals surface area (Å²) in [7, 11) is 0. The zero-order valence-electron chi connectivity index (χ0n) is 20.7. The highest BCUT2D eigenvalue weighted by Crippen LogP contribution is 2.23. The first kappa shape index (κ1) is 27.1. The zero-order valence-corrected chi connectivity index (χ0v) is 20.7. The van der Waals surface area contributed by atoms with Gasteiger partial charge in [0, 0.05) is 24.2 Å². The Labute approximate surface area is 201 Å². The van der Waals surface area contributed by atoms with Crippen molar-refractivity contribution in [2.24, 2.45) is 0 Å². The van der Waals surface area contributed by atoms with Crippen LogP contribution in [-0.4, -0.2) is 45.8 Å². The third kappa shape index (κ3) is 9.41. The molecule has 4 N–H and O–H groups in total. The maximum absolute atomic E-state index is 12.2. The van der Waals surface area contributed by atoms with E-state index >= 15 is 0 Å². The van der Waals surface area contributed by atoms with Gasteiger partial charge in [0.25, 0.3) is 0 Å². The molecule has 0 spiro atoms. The average molecular weight is 473 g/mol. The highest BCUT2D eigenvalue weighted by Gasteiger charge is 2.23. The number of carbonyl (C=O) groups is 2. The van der Waals surface area contributed by atoms with Gasteiger partial charge in [0.05, 0.1) is 12.2 Å². The molecule has 8 heteroatoms. The van der Waals surface area contributed by atoms with Crippen molar-refractivity contribution in [1.82, 2.24) is 0 Å². The molecule has 0 aliphatic rings. The second-order valence-corrected chi connectivity index (χ2v) is 10.1. The number of amides is 2. The van der Waals surface area contributed by atoms with Crippen molar-refractivity contribution in [3.05, 3.63) is 59.7 Å². The summed E-state index contributed by atoms with van der Waals surface area (Å²) in [5.41, 5.74) is 1.01. The number of aliphatic hydroxyl groups excluding tert-OH is 2. The highest BCUT2D eigenvalue weighted by atomic mass is 16.6. The van der Waals surface area contributed by atoms with Crippen molar-refractivity contribution in [1.29, 1.82) is 0 Å². The Balaban J connectivity index is 2.06. The summed E-state index contributed by atoms with van der Waals surface area (Å²) in [4.78, 5) is 24.3. The Kier molecular flexibility index (Phi) is 9.06. The van der Waals surface area contributed by atoms with E-state index in [1.54, 1.807) is 90.1 Å². The van der Waals surface area contributed by atoms with Gasteiger partial charge in [0.2, 0.25) is 0 Å². The number of benzene rings is 2. The molecule has 2 rings (SSSR count). The standard InChI is InChI=1S/C26H36N2O6/c1-25(2,3)33-23(31)27-19-13-9-7-11-17(19)15-21(29)22(30)16-18-12-8-10-14-20(18)28-24(32)34-26(4,5)6/h7-14,21-22,29-30H,15-16H2,1-6H3,(H,27,31)(H,28,32)/t21-,22-/m0/s1. The van der Waals surface area contributed by atoms with Gasteiger partial charge in [-0.3, -0.25) is 10.6 Å². The van der Waals surface area contributed by atoms with Crippen molar-refractivity contribution in [3.8, 4) is 0 Å². The maximum atomic E-state index is 12.2. The van der Waals surface area contributed by atoms with Crippen LogP contribution in [0.15, 0.2) is 48.5 Å². The number of anilines is 2. The molecule has 0 fully saturated rings. The van der Waals surface area contributed by atoms with Crippen LogP contribution in [0.2, 0.25) is 0 Å². The molecule has 2 aromatic carbocycles. The van der Waals surface area contributed by atoms with Crippen LogP contribution in [0.25, 0.3) is 0 Å². The number of nitrogens with one attached hydrogen (secondary N) is 2. The minimum Gasteiger partial charge on any atom is -0.444 e. The van der Waals surface area contributed by atoms with Crippen molar-refractivity contribution < 1.29 is 29.3 Å². The number of rotatable bonds is 7. The SMILES string of the molecule is CC(C)(C)OC(=O)Nc1ccccc1C[C@H](O)[C@@H](O)Cc1ccccc1NC(=O)OC(C)(C)C. The number of hydrogen-bond donors (Lipinski definition) is 4. The summed E-state index contributed by atoms with van der Waals surface area (Å²) >= 11 is 0. The molecule has 0 saturated heterocycles. The normalized spacial score (nSPS) is 13.5. The third-order valence-corrected chi connectivity index (χ3v) is 4.61. The quantitative estimate of drug-likeness (QED) is 0.456. The summed E-state index contributed by atoms with van der Waals surface area (Å²) in [5.74, 6) is 0. The molecule has 2 amide bonds. The van der Waals surface area contributed by atoms with Crippen molar-refractivity contribution >= 4 is 23.6 Å². The molecule has 2 aromatic rings. The summed E-state index contributed by atoms with van der Waals surface area (Å²) in [5, 5.41) is 26.8. The second-order valence-electron chi connectivity index (χ2n) is 10.1. The van der Waals surface area contributed by atoms with Crippen LogP contribution in [0.5, 0.6) is 0 Å². The predicted molar refractivity (Wildman–Crippen MR) is 132 cm³/mol. The summed E-state index contributed by atoms with van der Waals surface area (Å²) < 4.78 is 10.6. The maximum Gasteiger partial charge on any atom is 0.412 e. The van der Waals surface area contributed by atoms with Crippen LogP contribution in [0.4, 0.5) is 21.0 Å². The van der Waals surface area contributed by atoms with Crippen LogP contribution in [-0.2, 0) is 22.3 Å².